The van der Waals surface area contributed by atoms with Crippen LogP contribution in [0.25, 0.3) is 10.9 Å². The van der Waals surface area contributed by atoms with Crippen LogP contribution in [-0.2, 0) is 0 Å². The lowest BCUT2D eigenvalue weighted by Gasteiger charge is -2.26. The molecule has 2 atom stereocenters. The van der Waals surface area contributed by atoms with Crippen molar-refractivity contribution >= 4 is 28.2 Å². The van der Waals surface area contributed by atoms with Gasteiger partial charge in [-0.1, -0.05) is 6.92 Å². The standard InChI is InChI=1S/C22H29FN4O4/c1-4-25-11(2)12-7-8-26(9-12)19-16(23)17(24)15-18(21(19)31-3)27(13-5-6-13)10-14(20(15)28)22(29)30/h10-13,25H,4-9,24H2,1-3H3,(H,29,30)/t11-,12-/m1/s1. The summed E-state index contributed by atoms with van der Waals surface area (Å²) in [6.45, 7) is 6.31. The number of carboxylic acid groups (broad SMARTS) is 1. The molecule has 0 amide bonds. The maximum Gasteiger partial charge on any atom is 0.341 e. The molecule has 8 nitrogen and oxygen atoms in total. The molecule has 31 heavy (non-hydrogen) atoms. The van der Waals surface area contributed by atoms with Crippen LogP contribution in [0.5, 0.6) is 5.75 Å². The lowest BCUT2D eigenvalue weighted by atomic mass is 10.0. The summed E-state index contributed by atoms with van der Waals surface area (Å²) in [6, 6.07) is 0.317. The molecule has 4 N–H and O–H groups in total. The van der Waals surface area contributed by atoms with E-state index in [0.29, 0.717) is 24.5 Å². The van der Waals surface area contributed by atoms with Gasteiger partial charge in [0.15, 0.2) is 11.6 Å². The number of halogens is 1. The molecule has 2 aromatic rings. The molecule has 0 unspecified atom stereocenters. The quantitative estimate of drug-likeness (QED) is 0.577. The van der Waals surface area contributed by atoms with E-state index in [4.69, 9.17) is 10.5 Å². The van der Waals surface area contributed by atoms with Crippen molar-refractivity contribution in [1.82, 2.24) is 9.88 Å². The summed E-state index contributed by atoms with van der Waals surface area (Å²) < 4.78 is 23.0. The number of benzene rings is 1. The highest BCUT2D eigenvalue weighted by Crippen LogP contribution is 2.47. The van der Waals surface area contributed by atoms with Crippen molar-refractivity contribution in [2.75, 3.05) is 37.4 Å². The van der Waals surface area contributed by atoms with Crippen molar-refractivity contribution in [1.29, 1.82) is 0 Å². The van der Waals surface area contributed by atoms with Crippen molar-refractivity contribution in [3.63, 3.8) is 0 Å². The van der Waals surface area contributed by atoms with Crippen LogP contribution < -0.4 is 26.1 Å². The van der Waals surface area contributed by atoms with Crippen LogP contribution in [0.15, 0.2) is 11.0 Å². The molecular formula is C22H29FN4O4. The van der Waals surface area contributed by atoms with E-state index in [0.717, 1.165) is 25.8 Å². The number of rotatable bonds is 7. The molecular weight excluding hydrogens is 403 g/mol. The number of nitrogens with two attached hydrogens (primary N) is 1. The maximum atomic E-state index is 15.6. The van der Waals surface area contributed by atoms with Gasteiger partial charge in [-0.15, -0.1) is 0 Å². The fourth-order valence-corrected chi connectivity index (χ4v) is 4.72. The molecule has 0 radical (unpaired) electrons. The van der Waals surface area contributed by atoms with Gasteiger partial charge >= 0.3 is 5.97 Å². The lowest BCUT2D eigenvalue weighted by Crippen LogP contribution is -2.35. The van der Waals surface area contributed by atoms with E-state index in [9.17, 15) is 14.7 Å². The molecule has 1 aliphatic heterocycles. The summed E-state index contributed by atoms with van der Waals surface area (Å²) in [6.07, 6.45) is 3.92. The summed E-state index contributed by atoms with van der Waals surface area (Å²) in [7, 11) is 1.44. The average Bonchev–Trinajstić information content (AvgIpc) is 3.46. The smallest absolute Gasteiger partial charge is 0.341 e. The third-order valence-electron chi connectivity index (χ3n) is 6.53. The van der Waals surface area contributed by atoms with Crippen LogP contribution in [0.2, 0.25) is 0 Å². The minimum atomic E-state index is -1.36. The number of pyridine rings is 1. The molecule has 2 aliphatic rings. The zero-order chi connectivity index (χ0) is 22.4. The first-order valence-corrected chi connectivity index (χ1v) is 10.7. The number of nitrogens with zero attached hydrogens (tertiary/aromatic N) is 2. The molecule has 9 heteroatoms. The van der Waals surface area contributed by atoms with Gasteiger partial charge in [0, 0.05) is 31.4 Å². The van der Waals surface area contributed by atoms with Crippen molar-refractivity contribution < 1.29 is 19.0 Å². The molecule has 2 fully saturated rings. The van der Waals surface area contributed by atoms with E-state index < -0.39 is 22.8 Å². The van der Waals surface area contributed by atoms with E-state index in [-0.39, 0.29) is 34.6 Å². The Bertz CT molecular complexity index is 1100. The first-order chi connectivity index (χ1) is 14.8. The van der Waals surface area contributed by atoms with Crippen LogP contribution in [0.4, 0.5) is 15.8 Å². The first-order valence-electron chi connectivity index (χ1n) is 10.7. The third kappa shape index (κ3) is 3.50. The fraction of sp³-hybridized carbons (Fsp3) is 0.545. The molecule has 1 aromatic carbocycles. The Hall–Kier alpha value is -2.81. The van der Waals surface area contributed by atoms with Gasteiger partial charge in [-0.2, -0.15) is 0 Å². The van der Waals surface area contributed by atoms with E-state index in [1.54, 1.807) is 4.57 Å². The summed E-state index contributed by atoms with van der Waals surface area (Å²) in [5.74, 6) is -1.52. The number of hydrogen-bond donors (Lipinski definition) is 3. The van der Waals surface area contributed by atoms with E-state index in [1.165, 1.54) is 13.3 Å². The topological polar surface area (TPSA) is 110 Å². The molecule has 0 bridgehead atoms. The molecule has 1 aliphatic carbocycles. The van der Waals surface area contributed by atoms with E-state index in [2.05, 4.69) is 19.2 Å². The number of ether oxygens (including phenoxy) is 1. The molecule has 1 aromatic heterocycles. The summed E-state index contributed by atoms with van der Waals surface area (Å²) in [5.41, 5.74) is 5.22. The van der Waals surface area contributed by atoms with Crippen LogP contribution in [0, 0.1) is 11.7 Å². The largest absolute Gasteiger partial charge is 0.492 e. The Morgan fingerprint density at radius 2 is 2.13 bits per heavy atom. The monoisotopic (exact) mass is 432 g/mol. The summed E-state index contributed by atoms with van der Waals surface area (Å²) in [4.78, 5) is 26.5. The SMILES string of the molecule is CCN[C@H](C)[C@@H]1CCN(c2c(F)c(N)c3c(=O)c(C(=O)O)cn(C4CC4)c3c2OC)C1. The van der Waals surface area contributed by atoms with Gasteiger partial charge in [0.05, 0.1) is 23.7 Å². The minimum absolute atomic E-state index is 0.0351. The zero-order valence-electron chi connectivity index (χ0n) is 18.1. The van der Waals surface area contributed by atoms with Crippen LogP contribution in [0.1, 0.15) is 49.5 Å². The molecule has 4 rings (SSSR count). The third-order valence-corrected chi connectivity index (χ3v) is 6.53. The van der Waals surface area contributed by atoms with E-state index in [1.807, 2.05) is 4.90 Å². The minimum Gasteiger partial charge on any atom is -0.492 e. The fourth-order valence-electron chi connectivity index (χ4n) is 4.72. The van der Waals surface area contributed by atoms with Gasteiger partial charge in [0.25, 0.3) is 0 Å². The second-order valence-corrected chi connectivity index (χ2v) is 8.49. The Balaban J connectivity index is 1.93. The van der Waals surface area contributed by atoms with Crippen LogP contribution in [-0.4, -0.2) is 48.4 Å². The number of aromatic nitrogens is 1. The summed E-state index contributed by atoms with van der Waals surface area (Å²) >= 11 is 0. The highest BCUT2D eigenvalue weighted by Gasteiger charge is 2.35. The Morgan fingerprint density at radius 1 is 1.42 bits per heavy atom. The van der Waals surface area contributed by atoms with Crippen LogP contribution in [0.3, 0.4) is 0 Å². The Labute approximate surface area is 179 Å². The molecule has 168 valence electrons. The molecule has 1 saturated heterocycles. The lowest BCUT2D eigenvalue weighted by molar-refractivity contribution is 0.0695. The molecule has 1 saturated carbocycles. The Kier molecular flexibility index (Phi) is 5.55. The number of nitrogens with one attached hydrogen (secondary N) is 1. The van der Waals surface area contributed by atoms with E-state index >= 15 is 4.39 Å². The summed E-state index contributed by atoms with van der Waals surface area (Å²) in [5, 5.41) is 12.8. The Morgan fingerprint density at radius 3 is 2.71 bits per heavy atom. The number of carboxylic acids is 1. The van der Waals surface area contributed by atoms with Gasteiger partial charge in [0.1, 0.15) is 11.3 Å². The number of nitrogen functional groups attached to an aromatic ring is 1. The van der Waals surface area contributed by atoms with Crippen LogP contribution >= 0.6 is 0 Å². The number of methoxy groups -OCH3 is 1. The maximum absolute atomic E-state index is 15.6. The predicted molar refractivity (Wildman–Crippen MR) is 118 cm³/mol. The van der Waals surface area contributed by atoms with Crippen molar-refractivity contribution in [3.8, 4) is 5.75 Å². The molecule has 0 spiro atoms. The number of anilines is 2. The van der Waals surface area contributed by atoms with Gasteiger partial charge in [-0.3, -0.25) is 4.79 Å². The molecule has 2 heterocycles. The normalized spacial score (nSPS) is 19.7. The van der Waals surface area contributed by atoms with Crippen molar-refractivity contribution in [3.05, 3.63) is 27.8 Å². The van der Waals surface area contributed by atoms with Gasteiger partial charge in [-0.05, 0) is 38.6 Å². The van der Waals surface area contributed by atoms with Crippen molar-refractivity contribution in [2.24, 2.45) is 5.92 Å². The van der Waals surface area contributed by atoms with Gasteiger partial charge in [0.2, 0.25) is 5.43 Å². The number of hydrogen-bond acceptors (Lipinski definition) is 6. The van der Waals surface area contributed by atoms with Crippen molar-refractivity contribution in [2.45, 2.75) is 45.2 Å². The van der Waals surface area contributed by atoms with Gasteiger partial charge < -0.3 is 30.4 Å². The number of fused-ring (bicyclic) bond motifs is 1. The number of aromatic carboxylic acids is 1. The average molecular weight is 432 g/mol. The number of carbonyl (C=O) groups is 1. The highest BCUT2D eigenvalue weighted by atomic mass is 19.1. The first kappa shape index (κ1) is 21.4. The van der Waals surface area contributed by atoms with Gasteiger partial charge in [-0.25, -0.2) is 9.18 Å². The highest BCUT2D eigenvalue weighted by molar-refractivity contribution is 6.03. The second-order valence-electron chi connectivity index (χ2n) is 8.49. The predicted octanol–water partition coefficient (Wildman–Crippen LogP) is 2.59. The zero-order valence-corrected chi connectivity index (χ0v) is 18.1. The second kappa shape index (κ2) is 8.03.